The van der Waals surface area contributed by atoms with E-state index in [9.17, 15) is 4.79 Å². The topological polar surface area (TPSA) is 36.4 Å². The number of carbonyl (C=O) groups is 1. The quantitative estimate of drug-likeness (QED) is 0.834. The van der Waals surface area contributed by atoms with E-state index in [1.807, 2.05) is 24.9 Å². The Labute approximate surface area is 146 Å². The van der Waals surface area contributed by atoms with Gasteiger partial charge in [0.1, 0.15) is 5.82 Å². The minimum atomic E-state index is 0.118. The molecule has 3 rings (SSSR count). The maximum Gasteiger partial charge on any atom is 0.225 e. The minimum Gasteiger partial charge on any atom is -0.357 e. The molecule has 0 atom stereocenters. The number of likely N-dealkylation sites (tertiary alicyclic amines) is 1. The van der Waals surface area contributed by atoms with Crippen LogP contribution >= 0.6 is 0 Å². The smallest absolute Gasteiger partial charge is 0.225 e. The van der Waals surface area contributed by atoms with Gasteiger partial charge in [0.15, 0.2) is 0 Å². The van der Waals surface area contributed by atoms with Crippen LogP contribution in [0.1, 0.15) is 53.0 Å². The first-order valence-corrected chi connectivity index (χ1v) is 9.21. The molecule has 1 spiro atoms. The Morgan fingerprint density at radius 2 is 1.79 bits per heavy atom. The number of aromatic nitrogens is 1. The van der Waals surface area contributed by atoms with Gasteiger partial charge in [0.2, 0.25) is 5.91 Å². The fraction of sp³-hybridized carbons (Fsp3) is 0.700. The van der Waals surface area contributed by atoms with Crippen molar-refractivity contribution in [1.29, 1.82) is 0 Å². The standard InChI is InChI=1S/C20H31N3O/c1-15(2)18(24)23-13-20(14-23)8-10-22(11-9-20)17-7-6-16(12-21-17)19(3,4)5/h6-7,12,15H,8-11,13-14H2,1-5H3. The number of rotatable bonds is 2. The van der Waals surface area contributed by atoms with Crippen LogP contribution in [0.2, 0.25) is 0 Å². The van der Waals surface area contributed by atoms with E-state index in [4.69, 9.17) is 0 Å². The highest BCUT2D eigenvalue weighted by atomic mass is 16.2. The molecule has 2 aliphatic heterocycles. The van der Waals surface area contributed by atoms with E-state index in [0.717, 1.165) is 44.8 Å². The van der Waals surface area contributed by atoms with Crippen molar-refractivity contribution >= 4 is 11.7 Å². The maximum atomic E-state index is 12.1. The first-order valence-electron chi connectivity index (χ1n) is 9.21. The molecule has 132 valence electrons. The normalized spacial score (nSPS) is 20.4. The Hall–Kier alpha value is -1.58. The van der Waals surface area contributed by atoms with Crippen LogP contribution in [0.15, 0.2) is 18.3 Å². The van der Waals surface area contributed by atoms with Crippen molar-refractivity contribution in [2.24, 2.45) is 11.3 Å². The van der Waals surface area contributed by atoms with Crippen LogP contribution in [0.4, 0.5) is 5.82 Å². The first kappa shape index (κ1) is 17.2. The van der Waals surface area contributed by atoms with Crippen molar-refractivity contribution in [1.82, 2.24) is 9.88 Å². The van der Waals surface area contributed by atoms with Crippen molar-refractivity contribution in [2.45, 2.75) is 52.9 Å². The van der Waals surface area contributed by atoms with Gasteiger partial charge < -0.3 is 9.80 Å². The van der Waals surface area contributed by atoms with Gasteiger partial charge in [-0.15, -0.1) is 0 Å². The molecule has 0 bridgehead atoms. The van der Waals surface area contributed by atoms with Crippen LogP contribution in [0, 0.1) is 11.3 Å². The summed E-state index contributed by atoms with van der Waals surface area (Å²) >= 11 is 0. The number of hydrogen-bond acceptors (Lipinski definition) is 3. The number of anilines is 1. The fourth-order valence-corrected chi connectivity index (χ4v) is 3.83. The second kappa shape index (κ2) is 6.05. The molecule has 1 amide bonds. The molecular formula is C20H31N3O. The molecule has 0 saturated carbocycles. The van der Waals surface area contributed by atoms with Crippen LogP contribution in [-0.2, 0) is 10.2 Å². The van der Waals surface area contributed by atoms with Crippen LogP contribution in [0.25, 0.3) is 0 Å². The monoisotopic (exact) mass is 329 g/mol. The average Bonchev–Trinajstić information content (AvgIpc) is 2.51. The molecule has 2 fully saturated rings. The molecule has 0 aliphatic carbocycles. The zero-order valence-electron chi connectivity index (χ0n) is 15.8. The van der Waals surface area contributed by atoms with E-state index >= 15 is 0 Å². The number of piperidine rings is 1. The summed E-state index contributed by atoms with van der Waals surface area (Å²) in [7, 11) is 0. The molecule has 0 aromatic carbocycles. The number of amides is 1. The van der Waals surface area contributed by atoms with Gasteiger partial charge in [-0.2, -0.15) is 0 Å². The summed E-state index contributed by atoms with van der Waals surface area (Å²) in [5.41, 5.74) is 1.80. The Balaban J connectivity index is 1.56. The molecule has 2 aliphatic rings. The van der Waals surface area contributed by atoms with Gasteiger partial charge in [-0.25, -0.2) is 4.98 Å². The molecule has 0 N–H and O–H groups in total. The zero-order valence-corrected chi connectivity index (χ0v) is 15.8. The fourth-order valence-electron chi connectivity index (χ4n) is 3.83. The third kappa shape index (κ3) is 3.28. The SMILES string of the molecule is CC(C)C(=O)N1CC2(CCN(c3ccc(C(C)(C)C)cn3)CC2)C1. The average molecular weight is 329 g/mol. The van der Waals surface area contributed by atoms with Gasteiger partial charge in [-0.05, 0) is 29.9 Å². The summed E-state index contributed by atoms with van der Waals surface area (Å²) < 4.78 is 0. The Morgan fingerprint density at radius 1 is 1.17 bits per heavy atom. The highest BCUT2D eigenvalue weighted by Gasteiger charge is 2.46. The third-order valence-electron chi connectivity index (χ3n) is 5.62. The van der Waals surface area contributed by atoms with Gasteiger partial charge in [0, 0.05) is 43.7 Å². The molecule has 1 aromatic heterocycles. The highest BCUT2D eigenvalue weighted by molar-refractivity contribution is 5.79. The van der Waals surface area contributed by atoms with Crippen molar-refractivity contribution in [3.63, 3.8) is 0 Å². The summed E-state index contributed by atoms with van der Waals surface area (Å²) in [6.07, 6.45) is 4.35. The van der Waals surface area contributed by atoms with Crippen LogP contribution in [0.5, 0.6) is 0 Å². The van der Waals surface area contributed by atoms with Gasteiger partial charge in [-0.3, -0.25) is 4.79 Å². The van der Waals surface area contributed by atoms with Gasteiger partial charge in [0.05, 0.1) is 0 Å². The van der Waals surface area contributed by atoms with Crippen molar-refractivity contribution in [2.75, 3.05) is 31.1 Å². The van der Waals surface area contributed by atoms with Crippen molar-refractivity contribution in [3.05, 3.63) is 23.9 Å². The summed E-state index contributed by atoms with van der Waals surface area (Å²) in [4.78, 5) is 21.2. The molecule has 4 heteroatoms. The highest BCUT2D eigenvalue weighted by Crippen LogP contribution is 2.41. The zero-order chi connectivity index (χ0) is 17.5. The lowest BCUT2D eigenvalue weighted by molar-refractivity contribution is -0.148. The summed E-state index contributed by atoms with van der Waals surface area (Å²) in [6.45, 7) is 14.6. The van der Waals surface area contributed by atoms with Gasteiger partial charge in [0.25, 0.3) is 0 Å². The number of carbonyl (C=O) groups excluding carboxylic acids is 1. The molecule has 4 nitrogen and oxygen atoms in total. The van der Waals surface area contributed by atoms with E-state index in [1.165, 1.54) is 5.56 Å². The summed E-state index contributed by atoms with van der Waals surface area (Å²) in [5.74, 6) is 1.52. The van der Waals surface area contributed by atoms with Crippen molar-refractivity contribution in [3.8, 4) is 0 Å². The lowest BCUT2D eigenvalue weighted by Crippen LogP contribution is -2.62. The summed E-state index contributed by atoms with van der Waals surface area (Å²) in [6, 6.07) is 4.37. The van der Waals surface area contributed by atoms with E-state index < -0.39 is 0 Å². The predicted octanol–water partition coefficient (Wildman–Crippen LogP) is 3.46. The molecule has 2 saturated heterocycles. The molecule has 0 unspecified atom stereocenters. The largest absolute Gasteiger partial charge is 0.357 e. The molecule has 24 heavy (non-hydrogen) atoms. The lowest BCUT2D eigenvalue weighted by atomic mass is 9.71. The lowest BCUT2D eigenvalue weighted by Gasteiger charge is -2.54. The van der Waals surface area contributed by atoms with E-state index in [1.54, 1.807) is 0 Å². The molecule has 1 aromatic rings. The number of pyridine rings is 1. The number of hydrogen-bond donors (Lipinski definition) is 0. The predicted molar refractivity (Wildman–Crippen MR) is 98.2 cm³/mol. The third-order valence-corrected chi connectivity index (χ3v) is 5.62. The van der Waals surface area contributed by atoms with Gasteiger partial charge in [-0.1, -0.05) is 40.7 Å². The minimum absolute atomic E-state index is 0.118. The first-order chi connectivity index (χ1) is 11.2. The molecule has 3 heterocycles. The second-order valence-electron chi connectivity index (χ2n) is 8.99. The molecular weight excluding hydrogens is 298 g/mol. The number of nitrogens with zero attached hydrogens (tertiary/aromatic N) is 3. The Kier molecular flexibility index (Phi) is 4.35. The Bertz CT molecular complexity index is 584. The van der Waals surface area contributed by atoms with Crippen LogP contribution < -0.4 is 4.90 Å². The van der Waals surface area contributed by atoms with Crippen LogP contribution in [0.3, 0.4) is 0 Å². The Morgan fingerprint density at radius 3 is 2.25 bits per heavy atom. The van der Waals surface area contributed by atoms with E-state index in [-0.39, 0.29) is 11.3 Å². The summed E-state index contributed by atoms with van der Waals surface area (Å²) in [5, 5.41) is 0. The van der Waals surface area contributed by atoms with Crippen LogP contribution in [-0.4, -0.2) is 42.0 Å². The van der Waals surface area contributed by atoms with Gasteiger partial charge >= 0.3 is 0 Å². The maximum absolute atomic E-state index is 12.1. The van der Waals surface area contributed by atoms with E-state index in [2.05, 4.69) is 42.8 Å². The molecule has 0 radical (unpaired) electrons. The van der Waals surface area contributed by atoms with E-state index in [0.29, 0.717) is 11.3 Å². The second-order valence-corrected chi connectivity index (χ2v) is 8.99. The van der Waals surface area contributed by atoms with Crippen molar-refractivity contribution < 1.29 is 4.79 Å².